The van der Waals surface area contributed by atoms with Gasteiger partial charge >= 0.3 is 0 Å². The lowest BCUT2D eigenvalue weighted by Crippen LogP contribution is -2.62. The van der Waals surface area contributed by atoms with E-state index in [2.05, 4.69) is 30.9 Å². The number of hydrogen-bond acceptors (Lipinski definition) is 4. The SMILES string of the molecule is CCn1nc(C(C)C)cc1C(=O)N1CCN(C)C2(CCC(=O)N(C)CC2)C1. The van der Waals surface area contributed by atoms with E-state index in [4.69, 9.17) is 0 Å². The first-order valence-electron chi connectivity index (χ1n) is 10.1. The Labute approximate surface area is 162 Å². The van der Waals surface area contributed by atoms with E-state index in [1.54, 1.807) is 0 Å². The predicted molar refractivity (Wildman–Crippen MR) is 105 cm³/mol. The van der Waals surface area contributed by atoms with Crippen LogP contribution in [0.4, 0.5) is 0 Å². The summed E-state index contributed by atoms with van der Waals surface area (Å²) in [4.78, 5) is 31.6. The summed E-state index contributed by atoms with van der Waals surface area (Å²) in [5, 5.41) is 4.61. The van der Waals surface area contributed by atoms with Gasteiger partial charge in [-0.2, -0.15) is 5.10 Å². The van der Waals surface area contributed by atoms with Crippen LogP contribution in [0.1, 0.15) is 62.1 Å². The Balaban J connectivity index is 1.83. The first kappa shape index (κ1) is 19.9. The van der Waals surface area contributed by atoms with E-state index in [0.29, 0.717) is 37.7 Å². The summed E-state index contributed by atoms with van der Waals surface area (Å²) in [7, 11) is 4.01. The molecule has 0 saturated carbocycles. The summed E-state index contributed by atoms with van der Waals surface area (Å²) >= 11 is 0. The van der Waals surface area contributed by atoms with Crippen LogP contribution in [0.25, 0.3) is 0 Å². The molecule has 1 atom stereocenters. The number of likely N-dealkylation sites (N-methyl/N-ethyl adjacent to an activating group) is 1. The first-order valence-corrected chi connectivity index (χ1v) is 10.1. The molecule has 0 bridgehead atoms. The molecule has 0 aromatic carbocycles. The molecular formula is C20H33N5O2. The van der Waals surface area contributed by atoms with Gasteiger partial charge in [-0.15, -0.1) is 0 Å². The Kier molecular flexibility index (Phi) is 5.60. The first-order chi connectivity index (χ1) is 12.8. The van der Waals surface area contributed by atoms with Crippen LogP contribution in [0.2, 0.25) is 0 Å². The molecule has 1 unspecified atom stereocenters. The Morgan fingerprint density at radius 3 is 2.63 bits per heavy atom. The maximum atomic E-state index is 13.3. The Morgan fingerprint density at radius 2 is 1.96 bits per heavy atom. The second-order valence-electron chi connectivity index (χ2n) is 8.36. The number of carbonyl (C=O) groups excluding carboxylic acids is 2. The third-order valence-electron chi connectivity index (χ3n) is 6.34. The summed E-state index contributed by atoms with van der Waals surface area (Å²) < 4.78 is 1.83. The number of aryl methyl sites for hydroxylation is 1. The van der Waals surface area contributed by atoms with E-state index >= 15 is 0 Å². The van der Waals surface area contributed by atoms with Crippen molar-refractivity contribution in [1.82, 2.24) is 24.5 Å². The molecule has 2 amide bonds. The highest BCUT2D eigenvalue weighted by molar-refractivity contribution is 5.93. The molecule has 0 N–H and O–H groups in total. The molecule has 2 aliphatic heterocycles. The minimum atomic E-state index is -0.119. The fourth-order valence-corrected chi connectivity index (χ4v) is 4.23. The molecule has 150 valence electrons. The monoisotopic (exact) mass is 375 g/mol. The predicted octanol–water partition coefficient (Wildman–Crippen LogP) is 1.80. The van der Waals surface area contributed by atoms with Gasteiger partial charge in [0.05, 0.1) is 5.69 Å². The van der Waals surface area contributed by atoms with Crippen molar-refractivity contribution >= 4 is 11.8 Å². The molecule has 3 heterocycles. The highest BCUT2D eigenvalue weighted by Gasteiger charge is 2.43. The number of likely N-dealkylation sites (tertiary alicyclic amines) is 1. The fraction of sp³-hybridized carbons (Fsp3) is 0.750. The second-order valence-corrected chi connectivity index (χ2v) is 8.36. The van der Waals surface area contributed by atoms with Crippen molar-refractivity contribution in [2.24, 2.45) is 0 Å². The van der Waals surface area contributed by atoms with Crippen molar-refractivity contribution in [3.05, 3.63) is 17.5 Å². The van der Waals surface area contributed by atoms with Crippen LogP contribution in [0.3, 0.4) is 0 Å². The van der Waals surface area contributed by atoms with Crippen LogP contribution in [0.5, 0.6) is 0 Å². The number of aromatic nitrogens is 2. The third kappa shape index (κ3) is 3.74. The van der Waals surface area contributed by atoms with Crippen LogP contribution in [-0.4, -0.2) is 82.1 Å². The van der Waals surface area contributed by atoms with Crippen LogP contribution in [-0.2, 0) is 11.3 Å². The standard InChI is InChI=1S/C20H33N5O2/c1-6-25-17(13-16(21-25)15(2)3)19(27)24-12-11-23(5)20(14-24)8-7-18(26)22(4)10-9-20/h13,15H,6-12,14H2,1-5H3. The van der Waals surface area contributed by atoms with Gasteiger partial charge in [-0.1, -0.05) is 13.8 Å². The molecule has 3 rings (SSSR count). The number of piperazine rings is 1. The molecule has 7 nitrogen and oxygen atoms in total. The van der Waals surface area contributed by atoms with Crippen molar-refractivity contribution in [3.63, 3.8) is 0 Å². The molecule has 0 radical (unpaired) electrons. The molecule has 1 spiro atoms. The van der Waals surface area contributed by atoms with Gasteiger partial charge in [0.1, 0.15) is 5.69 Å². The van der Waals surface area contributed by atoms with Gasteiger partial charge in [0.2, 0.25) is 5.91 Å². The normalized spacial score (nSPS) is 24.7. The maximum absolute atomic E-state index is 13.3. The summed E-state index contributed by atoms with van der Waals surface area (Å²) in [6.45, 7) is 9.87. The fourth-order valence-electron chi connectivity index (χ4n) is 4.23. The lowest BCUT2D eigenvalue weighted by Gasteiger charge is -2.49. The molecule has 27 heavy (non-hydrogen) atoms. The number of rotatable bonds is 3. The highest BCUT2D eigenvalue weighted by Crippen LogP contribution is 2.32. The van der Waals surface area contributed by atoms with E-state index in [-0.39, 0.29) is 17.4 Å². The lowest BCUT2D eigenvalue weighted by atomic mass is 9.86. The van der Waals surface area contributed by atoms with Crippen LogP contribution in [0.15, 0.2) is 6.07 Å². The third-order valence-corrected chi connectivity index (χ3v) is 6.34. The van der Waals surface area contributed by atoms with Gasteiger partial charge in [0.15, 0.2) is 0 Å². The molecular weight excluding hydrogens is 342 g/mol. The Hall–Kier alpha value is -1.89. The van der Waals surface area contributed by atoms with Crippen molar-refractivity contribution < 1.29 is 9.59 Å². The van der Waals surface area contributed by atoms with Gasteiger partial charge in [0.25, 0.3) is 5.91 Å². The zero-order chi connectivity index (χ0) is 19.8. The summed E-state index contributed by atoms with van der Waals surface area (Å²) in [6, 6.07) is 1.95. The average Bonchev–Trinajstić information content (AvgIpc) is 3.04. The smallest absolute Gasteiger partial charge is 0.272 e. The summed E-state index contributed by atoms with van der Waals surface area (Å²) in [5.41, 5.74) is 1.53. The molecule has 1 aromatic heterocycles. The largest absolute Gasteiger partial charge is 0.346 e. The lowest BCUT2D eigenvalue weighted by molar-refractivity contribution is -0.129. The quantitative estimate of drug-likeness (QED) is 0.808. The van der Waals surface area contributed by atoms with E-state index in [0.717, 1.165) is 31.6 Å². The number of carbonyl (C=O) groups is 2. The zero-order valence-electron chi connectivity index (χ0n) is 17.4. The van der Waals surface area contributed by atoms with Gasteiger partial charge < -0.3 is 9.80 Å². The van der Waals surface area contributed by atoms with E-state index < -0.39 is 0 Å². The molecule has 0 aliphatic carbocycles. The van der Waals surface area contributed by atoms with Gasteiger partial charge in [-0.05, 0) is 38.8 Å². The molecule has 2 fully saturated rings. The van der Waals surface area contributed by atoms with Crippen molar-refractivity contribution in [2.45, 2.75) is 58.0 Å². The molecule has 2 aliphatic rings. The molecule has 7 heteroatoms. The maximum Gasteiger partial charge on any atom is 0.272 e. The van der Waals surface area contributed by atoms with Crippen LogP contribution >= 0.6 is 0 Å². The topological polar surface area (TPSA) is 61.7 Å². The van der Waals surface area contributed by atoms with E-state index in [1.165, 1.54) is 0 Å². The number of nitrogens with zero attached hydrogens (tertiary/aromatic N) is 5. The molecule has 1 aromatic rings. The van der Waals surface area contributed by atoms with E-state index in [1.807, 2.05) is 34.5 Å². The van der Waals surface area contributed by atoms with Crippen molar-refractivity contribution in [2.75, 3.05) is 40.3 Å². The Bertz CT molecular complexity index is 713. The minimum absolute atomic E-state index is 0.0626. The van der Waals surface area contributed by atoms with Gasteiger partial charge in [0, 0.05) is 51.7 Å². The second kappa shape index (κ2) is 7.62. The zero-order valence-corrected chi connectivity index (χ0v) is 17.4. The van der Waals surface area contributed by atoms with Crippen molar-refractivity contribution in [1.29, 1.82) is 0 Å². The van der Waals surface area contributed by atoms with E-state index in [9.17, 15) is 9.59 Å². The highest BCUT2D eigenvalue weighted by atomic mass is 16.2. The average molecular weight is 376 g/mol. The Morgan fingerprint density at radius 1 is 1.22 bits per heavy atom. The van der Waals surface area contributed by atoms with Gasteiger partial charge in [-0.3, -0.25) is 19.2 Å². The van der Waals surface area contributed by atoms with Crippen LogP contribution < -0.4 is 0 Å². The molecule has 2 saturated heterocycles. The van der Waals surface area contributed by atoms with Gasteiger partial charge in [-0.25, -0.2) is 0 Å². The number of hydrogen-bond donors (Lipinski definition) is 0. The summed E-state index contributed by atoms with van der Waals surface area (Å²) in [5.74, 6) is 0.564. The summed E-state index contributed by atoms with van der Waals surface area (Å²) in [6.07, 6.45) is 2.26. The van der Waals surface area contributed by atoms with Crippen LogP contribution in [0, 0.1) is 0 Å². The minimum Gasteiger partial charge on any atom is -0.346 e. The van der Waals surface area contributed by atoms with Crippen molar-refractivity contribution in [3.8, 4) is 0 Å². The number of amides is 2.